The van der Waals surface area contributed by atoms with E-state index in [1.54, 1.807) is 32.0 Å². The summed E-state index contributed by atoms with van der Waals surface area (Å²) in [5.41, 5.74) is 3.50. The average molecular weight is 445 g/mol. The van der Waals surface area contributed by atoms with Crippen LogP contribution in [-0.4, -0.2) is 61.3 Å². The Kier molecular flexibility index (Phi) is 6.05. The number of likely N-dealkylation sites (N-methyl/N-ethyl adjacent to an activating group) is 1. The van der Waals surface area contributed by atoms with E-state index in [0.29, 0.717) is 5.69 Å². The van der Waals surface area contributed by atoms with Crippen LogP contribution in [-0.2, 0) is 16.6 Å². The van der Waals surface area contributed by atoms with Crippen molar-refractivity contribution in [3.8, 4) is 5.69 Å². The number of rotatable bonds is 6. The van der Waals surface area contributed by atoms with Crippen LogP contribution >= 0.6 is 0 Å². The molecule has 8 heteroatoms. The van der Waals surface area contributed by atoms with Gasteiger partial charge in [-0.25, -0.2) is 12.8 Å². The van der Waals surface area contributed by atoms with Crippen LogP contribution in [0.15, 0.2) is 48.7 Å². The highest BCUT2D eigenvalue weighted by atomic mass is 32.2. The number of aromatic nitrogens is 1. The second-order valence-corrected chi connectivity index (χ2v) is 10.7. The lowest BCUT2D eigenvalue weighted by Gasteiger charge is -2.32. The van der Waals surface area contributed by atoms with Crippen molar-refractivity contribution in [2.45, 2.75) is 25.6 Å². The fraction of sp³-hybridized carbons (Fsp3) is 0.391. The fourth-order valence-corrected chi connectivity index (χ4v) is 4.52. The van der Waals surface area contributed by atoms with Gasteiger partial charge in [-0.3, -0.25) is 9.62 Å². The third-order valence-corrected chi connectivity index (χ3v) is 7.62. The largest absolute Gasteiger partial charge is 0.316 e. The number of nitrogens with zero attached hydrogens (tertiary/aromatic N) is 3. The minimum Gasteiger partial charge on any atom is -0.316 e. The van der Waals surface area contributed by atoms with Crippen LogP contribution < -0.4 is 4.72 Å². The quantitative estimate of drug-likeness (QED) is 0.630. The van der Waals surface area contributed by atoms with Gasteiger partial charge in [0.2, 0.25) is 10.0 Å². The van der Waals surface area contributed by atoms with Crippen molar-refractivity contribution >= 4 is 26.6 Å². The molecule has 0 atom stereocenters. The maximum atomic E-state index is 13.5. The Morgan fingerprint density at radius 2 is 1.71 bits per heavy atom. The van der Waals surface area contributed by atoms with Crippen molar-refractivity contribution in [3.63, 3.8) is 0 Å². The van der Waals surface area contributed by atoms with Crippen LogP contribution in [0, 0.1) is 5.82 Å². The molecule has 1 aliphatic rings. The van der Waals surface area contributed by atoms with E-state index in [9.17, 15) is 12.8 Å². The standard InChI is InChI=1S/C23H29FN4O2S/c1-17(2)31(29,30)25-20-6-9-23-22(14-20)18(15-27-12-10-26(3)11-13-27)16-28(23)21-7-4-19(24)5-8-21/h4-9,14,16-17,25H,10-13,15H2,1-3H3. The van der Waals surface area contributed by atoms with E-state index in [2.05, 4.69) is 27.8 Å². The van der Waals surface area contributed by atoms with Crippen molar-refractivity contribution < 1.29 is 12.8 Å². The smallest absolute Gasteiger partial charge is 0.235 e. The Morgan fingerprint density at radius 1 is 1.03 bits per heavy atom. The van der Waals surface area contributed by atoms with Crippen molar-refractivity contribution in [3.05, 3.63) is 60.0 Å². The van der Waals surface area contributed by atoms with Crippen LogP contribution in [0.4, 0.5) is 10.1 Å². The zero-order valence-electron chi connectivity index (χ0n) is 18.2. The minimum atomic E-state index is -3.43. The Bertz CT molecular complexity index is 1160. The molecule has 0 unspecified atom stereocenters. The summed E-state index contributed by atoms with van der Waals surface area (Å²) in [6, 6.07) is 12.0. The Morgan fingerprint density at radius 3 is 2.35 bits per heavy atom. The van der Waals surface area contributed by atoms with Crippen molar-refractivity contribution in [1.29, 1.82) is 0 Å². The number of sulfonamides is 1. The normalized spacial score (nSPS) is 16.3. The number of benzene rings is 2. The van der Waals surface area contributed by atoms with Crippen LogP contribution in [0.5, 0.6) is 0 Å². The molecule has 31 heavy (non-hydrogen) atoms. The molecule has 6 nitrogen and oxygen atoms in total. The number of anilines is 1. The molecule has 2 heterocycles. The van der Waals surface area contributed by atoms with Crippen LogP contribution in [0.3, 0.4) is 0 Å². The summed E-state index contributed by atoms with van der Waals surface area (Å²) in [5, 5.41) is 0.476. The van der Waals surface area contributed by atoms with Gasteiger partial charge in [-0.1, -0.05) is 0 Å². The van der Waals surface area contributed by atoms with Crippen molar-refractivity contribution in [1.82, 2.24) is 14.4 Å². The molecular weight excluding hydrogens is 415 g/mol. The third kappa shape index (κ3) is 4.76. The van der Waals surface area contributed by atoms with Gasteiger partial charge in [-0.2, -0.15) is 0 Å². The lowest BCUT2D eigenvalue weighted by Crippen LogP contribution is -2.43. The minimum absolute atomic E-state index is 0.275. The molecule has 0 radical (unpaired) electrons. The van der Waals surface area contributed by atoms with Gasteiger partial charge in [0.25, 0.3) is 0 Å². The van der Waals surface area contributed by atoms with Crippen LogP contribution in [0.2, 0.25) is 0 Å². The number of hydrogen-bond donors (Lipinski definition) is 1. The molecule has 1 aromatic heterocycles. The van der Waals surface area contributed by atoms with Gasteiger partial charge in [-0.05, 0) is 68.9 Å². The first kappa shape index (κ1) is 21.8. The average Bonchev–Trinajstić information content (AvgIpc) is 3.07. The molecule has 1 saturated heterocycles. The summed E-state index contributed by atoms with van der Waals surface area (Å²) in [5.74, 6) is -0.275. The monoisotopic (exact) mass is 444 g/mol. The fourth-order valence-electron chi connectivity index (χ4n) is 3.83. The van der Waals surface area contributed by atoms with Gasteiger partial charge in [0, 0.05) is 55.7 Å². The summed E-state index contributed by atoms with van der Waals surface area (Å²) in [6.07, 6.45) is 2.08. The van der Waals surface area contributed by atoms with E-state index in [-0.39, 0.29) is 5.82 Å². The Hall–Kier alpha value is -2.42. The molecule has 0 aliphatic carbocycles. The van der Waals surface area contributed by atoms with Crippen LogP contribution in [0.1, 0.15) is 19.4 Å². The zero-order chi connectivity index (χ0) is 22.2. The van der Waals surface area contributed by atoms with E-state index >= 15 is 0 Å². The molecule has 4 rings (SSSR count). The van der Waals surface area contributed by atoms with Crippen molar-refractivity contribution in [2.75, 3.05) is 37.9 Å². The summed E-state index contributed by atoms with van der Waals surface area (Å²) >= 11 is 0. The second-order valence-electron chi connectivity index (χ2n) is 8.51. The third-order valence-electron chi connectivity index (χ3n) is 5.86. The first-order valence-corrected chi connectivity index (χ1v) is 12.1. The topological polar surface area (TPSA) is 57.6 Å². The summed E-state index contributed by atoms with van der Waals surface area (Å²) in [6.45, 7) is 8.11. The summed E-state index contributed by atoms with van der Waals surface area (Å²) < 4.78 is 42.9. The van der Waals surface area contributed by atoms with Gasteiger partial charge >= 0.3 is 0 Å². The lowest BCUT2D eigenvalue weighted by molar-refractivity contribution is 0.148. The Balaban J connectivity index is 1.75. The van der Waals surface area contributed by atoms with Crippen LogP contribution in [0.25, 0.3) is 16.6 Å². The molecule has 166 valence electrons. The maximum absolute atomic E-state index is 13.5. The van der Waals surface area contributed by atoms with E-state index in [1.165, 1.54) is 12.1 Å². The molecule has 1 N–H and O–H groups in total. The number of halogens is 1. The predicted molar refractivity (Wildman–Crippen MR) is 124 cm³/mol. The molecule has 3 aromatic rings. The Labute approximate surface area is 183 Å². The first-order chi connectivity index (χ1) is 14.7. The van der Waals surface area contributed by atoms with E-state index in [1.807, 2.05) is 16.7 Å². The molecule has 0 amide bonds. The van der Waals surface area contributed by atoms with Gasteiger partial charge in [0.1, 0.15) is 5.82 Å². The first-order valence-electron chi connectivity index (χ1n) is 10.6. The second kappa shape index (κ2) is 8.61. The highest BCUT2D eigenvalue weighted by molar-refractivity contribution is 7.93. The highest BCUT2D eigenvalue weighted by Crippen LogP contribution is 2.29. The molecule has 0 saturated carbocycles. The SMILES string of the molecule is CC(C)S(=O)(=O)Nc1ccc2c(c1)c(CN1CCN(C)CC1)cn2-c1ccc(F)cc1. The molecular formula is C23H29FN4O2S. The van der Waals surface area contributed by atoms with E-state index in [0.717, 1.165) is 54.9 Å². The molecule has 1 aliphatic heterocycles. The highest BCUT2D eigenvalue weighted by Gasteiger charge is 2.19. The number of nitrogens with one attached hydrogen (secondary N) is 1. The predicted octanol–water partition coefficient (Wildman–Crippen LogP) is 3.67. The molecule has 0 spiro atoms. The van der Waals surface area contributed by atoms with Gasteiger partial charge in [0.15, 0.2) is 0 Å². The van der Waals surface area contributed by atoms with Crippen molar-refractivity contribution in [2.24, 2.45) is 0 Å². The lowest BCUT2D eigenvalue weighted by atomic mass is 10.1. The summed E-state index contributed by atoms with van der Waals surface area (Å²) in [4.78, 5) is 4.73. The van der Waals surface area contributed by atoms with E-state index < -0.39 is 15.3 Å². The zero-order valence-corrected chi connectivity index (χ0v) is 19.0. The number of hydrogen-bond acceptors (Lipinski definition) is 4. The van der Waals surface area contributed by atoms with E-state index in [4.69, 9.17) is 0 Å². The molecule has 1 fully saturated rings. The van der Waals surface area contributed by atoms with Gasteiger partial charge < -0.3 is 9.47 Å². The number of fused-ring (bicyclic) bond motifs is 1. The summed E-state index contributed by atoms with van der Waals surface area (Å²) in [7, 11) is -1.30. The maximum Gasteiger partial charge on any atom is 0.235 e. The number of piperazine rings is 1. The van der Waals surface area contributed by atoms with Gasteiger partial charge in [0.05, 0.1) is 10.8 Å². The molecule has 0 bridgehead atoms. The molecule has 2 aromatic carbocycles. The van der Waals surface area contributed by atoms with Gasteiger partial charge in [-0.15, -0.1) is 0 Å².